The van der Waals surface area contributed by atoms with Crippen LogP contribution in [0.1, 0.15) is 24.2 Å². The van der Waals surface area contributed by atoms with Gasteiger partial charge in [-0.25, -0.2) is 13.4 Å². The van der Waals surface area contributed by atoms with Gasteiger partial charge in [-0.05, 0) is 30.5 Å². The summed E-state index contributed by atoms with van der Waals surface area (Å²) in [6.45, 7) is 0.878. The van der Waals surface area contributed by atoms with Gasteiger partial charge in [-0.3, -0.25) is 4.79 Å². The van der Waals surface area contributed by atoms with E-state index in [2.05, 4.69) is 9.97 Å². The molecule has 4 rings (SSSR count). The van der Waals surface area contributed by atoms with Crippen molar-refractivity contribution in [2.45, 2.75) is 31.2 Å². The second kappa shape index (κ2) is 8.44. The lowest BCUT2D eigenvalue weighted by molar-refractivity contribution is 0.0921. The van der Waals surface area contributed by atoms with Gasteiger partial charge in [-0.15, -0.1) is 0 Å². The maximum atomic E-state index is 13.2. The molecule has 1 aromatic heterocycles. The summed E-state index contributed by atoms with van der Waals surface area (Å²) in [7, 11) is -3.64. The van der Waals surface area contributed by atoms with Crippen LogP contribution in [0.4, 0.5) is 0 Å². The summed E-state index contributed by atoms with van der Waals surface area (Å²) in [4.78, 5) is 19.6. The SMILES string of the molecule is O=c1[nH]c(CN(C[C@@H]2CCCO2)S(=O)(=O)Cc2ccccc2)nc2ccccc12. The van der Waals surface area contributed by atoms with Gasteiger partial charge >= 0.3 is 0 Å². The van der Waals surface area contributed by atoms with Crippen molar-refractivity contribution in [3.05, 3.63) is 76.3 Å². The molecule has 152 valence electrons. The highest BCUT2D eigenvalue weighted by Gasteiger charge is 2.28. The van der Waals surface area contributed by atoms with Gasteiger partial charge in [0.15, 0.2) is 0 Å². The van der Waals surface area contributed by atoms with E-state index in [-0.39, 0.29) is 30.5 Å². The van der Waals surface area contributed by atoms with Crippen molar-refractivity contribution in [3.63, 3.8) is 0 Å². The summed E-state index contributed by atoms with van der Waals surface area (Å²) >= 11 is 0. The number of fused-ring (bicyclic) bond motifs is 1. The van der Waals surface area contributed by atoms with Crippen LogP contribution >= 0.6 is 0 Å². The first-order valence-corrected chi connectivity index (χ1v) is 11.2. The number of hydrogen-bond donors (Lipinski definition) is 1. The normalized spacial score (nSPS) is 17.2. The molecule has 1 fully saturated rings. The van der Waals surface area contributed by atoms with E-state index in [1.54, 1.807) is 36.4 Å². The zero-order valence-electron chi connectivity index (χ0n) is 16.0. The number of hydrogen-bond acceptors (Lipinski definition) is 5. The van der Waals surface area contributed by atoms with E-state index in [9.17, 15) is 13.2 Å². The van der Waals surface area contributed by atoms with Crippen molar-refractivity contribution < 1.29 is 13.2 Å². The van der Waals surface area contributed by atoms with E-state index in [1.165, 1.54) is 4.31 Å². The molecule has 0 bridgehead atoms. The van der Waals surface area contributed by atoms with Gasteiger partial charge in [0.05, 0.1) is 29.3 Å². The number of aromatic amines is 1. The molecule has 1 aliphatic rings. The fraction of sp³-hybridized carbons (Fsp3) is 0.333. The molecule has 8 heteroatoms. The molecule has 0 aliphatic carbocycles. The Morgan fingerprint density at radius 2 is 1.86 bits per heavy atom. The number of ether oxygens (including phenoxy) is 1. The van der Waals surface area contributed by atoms with Gasteiger partial charge in [0.25, 0.3) is 5.56 Å². The Kier molecular flexibility index (Phi) is 5.75. The van der Waals surface area contributed by atoms with Crippen LogP contribution in [0, 0.1) is 0 Å². The molecule has 0 amide bonds. The first kappa shape index (κ1) is 19.8. The van der Waals surface area contributed by atoms with Crippen LogP contribution in [0.25, 0.3) is 10.9 Å². The van der Waals surface area contributed by atoms with Gasteiger partial charge < -0.3 is 9.72 Å². The standard InChI is InChI=1S/C21H23N3O4S/c25-21-18-10-4-5-11-19(18)22-20(23-21)14-24(13-17-9-6-12-28-17)29(26,27)15-16-7-2-1-3-8-16/h1-5,7-8,10-11,17H,6,9,12-15H2,(H,22,23,25)/t17-/m0/s1. The average Bonchev–Trinajstić information content (AvgIpc) is 3.21. The predicted octanol–water partition coefficient (Wildman–Crippen LogP) is 2.43. The molecule has 3 aromatic rings. The van der Waals surface area contributed by atoms with E-state index in [1.807, 2.05) is 18.2 Å². The van der Waals surface area contributed by atoms with E-state index in [0.717, 1.165) is 12.8 Å². The number of nitrogens with one attached hydrogen (secondary N) is 1. The molecule has 1 aliphatic heterocycles. The summed E-state index contributed by atoms with van der Waals surface area (Å²) in [5.41, 5.74) is 0.983. The maximum absolute atomic E-state index is 13.2. The highest BCUT2D eigenvalue weighted by Crippen LogP contribution is 2.19. The number of benzene rings is 2. The predicted molar refractivity (Wildman–Crippen MR) is 111 cm³/mol. The van der Waals surface area contributed by atoms with Crippen LogP contribution in [-0.4, -0.2) is 41.9 Å². The van der Waals surface area contributed by atoms with Crippen molar-refractivity contribution in [1.29, 1.82) is 0 Å². The van der Waals surface area contributed by atoms with Crippen LogP contribution in [0.3, 0.4) is 0 Å². The lowest BCUT2D eigenvalue weighted by atomic mass is 10.2. The van der Waals surface area contributed by atoms with Crippen molar-refractivity contribution >= 4 is 20.9 Å². The molecule has 1 atom stereocenters. The van der Waals surface area contributed by atoms with Crippen LogP contribution < -0.4 is 5.56 Å². The maximum Gasteiger partial charge on any atom is 0.258 e. The monoisotopic (exact) mass is 413 g/mol. The molecule has 29 heavy (non-hydrogen) atoms. The first-order chi connectivity index (χ1) is 14.0. The Labute approximate surface area is 169 Å². The number of nitrogens with zero attached hydrogens (tertiary/aromatic N) is 2. The molecule has 0 unspecified atom stereocenters. The van der Waals surface area contributed by atoms with Gasteiger partial charge in [0.2, 0.25) is 10.0 Å². The fourth-order valence-electron chi connectivity index (χ4n) is 3.54. The summed E-state index contributed by atoms with van der Waals surface area (Å²) in [6.07, 6.45) is 1.59. The minimum Gasteiger partial charge on any atom is -0.377 e. The number of para-hydroxylation sites is 1. The molecular formula is C21H23N3O4S. The van der Waals surface area contributed by atoms with Crippen LogP contribution in [-0.2, 0) is 27.1 Å². The second-order valence-corrected chi connectivity index (χ2v) is 9.17. The smallest absolute Gasteiger partial charge is 0.258 e. The quantitative estimate of drug-likeness (QED) is 0.642. The minimum atomic E-state index is -3.64. The van der Waals surface area contributed by atoms with Crippen LogP contribution in [0.15, 0.2) is 59.4 Å². The Morgan fingerprint density at radius 1 is 1.10 bits per heavy atom. The summed E-state index contributed by atoms with van der Waals surface area (Å²) in [5, 5.41) is 0.481. The second-order valence-electron chi connectivity index (χ2n) is 7.20. The Balaban J connectivity index is 1.64. The number of sulfonamides is 1. The molecule has 0 radical (unpaired) electrons. The highest BCUT2D eigenvalue weighted by molar-refractivity contribution is 7.88. The van der Waals surface area contributed by atoms with Gasteiger partial charge in [0.1, 0.15) is 5.82 Å². The minimum absolute atomic E-state index is 0.00486. The fourth-order valence-corrected chi connectivity index (χ4v) is 5.05. The Morgan fingerprint density at radius 3 is 2.62 bits per heavy atom. The Hall–Kier alpha value is -2.55. The van der Waals surface area contributed by atoms with Crippen molar-refractivity contribution in [1.82, 2.24) is 14.3 Å². The van der Waals surface area contributed by atoms with Crippen molar-refractivity contribution in [2.75, 3.05) is 13.2 Å². The average molecular weight is 413 g/mol. The zero-order valence-corrected chi connectivity index (χ0v) is 16.8. The summed E-state index contributed by atoms with van der Waals surface area (Å²) < 4.78 is 33.4. The zero-order chi connectivity index (χ0) is 20.3. The van der Waals surface area contributed by atoms with Crippen molar-refractivity contribution in [3.8, 4) is 0 Å². The molecule has 2 aromatic carbocycles. The molecule has 0 saturated carbocycles. The van der Waals surface area contributed by atoms with Crippen LogP contribution in [0.5, 0.6) is 0 Å². The molecular weight excluding hydrogens is 390 g/mol. The molecule has 0 spiro atoms. The topological polar surface area (TPSA) is 92.4 Å². The van der Waals surface area contributed by atoms with Crippen LogP contribution in [0.2, 0.25) is 0 Å². The van der Waals surface area contributed by atoms with Gasteiger partial charge in [-0.1, -0.05) is 42.5 Å². The van der Waals surface area contributed by atoms with E-state index >= 15 is 0 Å². The van der Waals surface area contributed by atoms with Gasteiger partial charge in [-0.2, -0.15) is 4.31 Å². The molecule has 2 heterocycles. The van der Waals surface area contributed by atoms with E-state index in [4.69, 9.17) is 4.74 Å². The number of aromatic nitrogens is 2. The first-order valence-electron chi connectivity index (χ1n) is 9.62. The lowest BCUT2D eigenvalue weighted by Gasteiger charge is -2.24. The third-order valence-corrected chi connectivity index (χ3v) is 6.77. The molecule has 7 nitrogen and oxygen atoms in total. The third-order valence-electron chi connectivity index (χ3n) is 5.00. The summed E-state index contributed by atoms with van der Waals surface area (Å²) in [6, 6.07) is 16.1. The number of rotatable bonds is 7. The third kappa shape index (κ3) is 4.72. The molecule has 1 saturated heterocycles. The lowest BCUT2D eigenvalue weighted by Crippen LogP contribution is -2.38. The Bertz CT molecular complexity index is 1140. The molecule has 1 N–H and O–H groups in total. The number of H-pyrrole nitrogens is 1. The largest absolute Gasteiger partial charge is 0.377 e. The summed E-state index contributed by atoms with van der Waals surface area (Å²) in [5.74, 6) is 0.210. The van der Waals surface area contributed by atoms with Crippen molar-refractivity contribution in [2.24, 2.45) is 0 Å². The highest BCUT2D eigenvalue weighted by atomic mass is 32.2. The van der Waals surface area contributed by atoms with Gasteiger partial charge in [0, 0.05) is 13.2 Å². The van der Waals surface area contributed by atoms with E-state index in [0.29, 0.717) is 28.9 Å². The van der Waals surface area contributed by atoms with E-state index < -0.39 is 10.0 Å².